The molecule has 0 aliphatic carbocycles. The second-order valence-corrected chi connectivity index (χ2v) is 7.43. The van der Waals surface area contributed by atoms with E-state index in [1.165, 1.54) is 0 Å². The van der Waals surface area contributed by atoms with Crippen molar-refractivity contribution >= 4 is 23.6 Å². The molecule has 1 aliphatic rings. The summed E-state index contributed by atoms with van der Waals surface area (Å²) in [6.45, 7) is 5.36. The van der Waals surface area contributed by atoms with Gasteiger partial charge in [-0.1, -0.05) is 30.3 Å². The third-order valence-electron chi connectivity index (χ3n) is 5.25. The maximum absolute atomic E-state index is 12.5. The maximum Gasteiger partial charge on any atom is 0.279 e. The van der Waals surface area contributed by atoms with E-state index < -0.39 is 23.8 Å². The summed E-state index contributed by atoms with van der Waals surface area (Å²) in [5.74, 6) is -1.22. The summed E-state index contributed by atoms with van der Waals surface area (Å²) in [7, 11) is 0. The molecule has 3 rings (SSSR count). The number of hydrogen-bond donors (Lipinski definition) is 2. The van der Waals surface area contributed by atoms with E-state index in [1.807, 2.05) is 26.0 Å². The van der Waals surface area contributed by atoms with Crippen LogP contribution in [-0.4, -0.2) is 41.2 Å². The summed E-state index contributed by atoms with van der Waals surface area (Å²) in [6, 6.07) is 12.5. The van der Waals surface area contributed by atoms with E-state index in [0.717, 1.165) is 16.0 Å². The minimum atomic E-state index is -0.831. The molecule has 0 saturated heterocycles. The Bertz CT molecular complexity index is 1030. The Labute approximate surface area is 180 Å². The number of aryl methyl sites for hydroxylation is 1. The Morgan fingerprint density at radius 1 is 1.06 bits per heavy atom. The number of benzene rings is 2. The molecule has 0 unspecified atom stereocenters. The van der Waals surface area contributed by atoms with Gasteiger partial charge in [0.15, 0.2) is 6.10 Å². The van der Waals surface area contributed by atoms with Gasteiger partial charge in [-0.15, -0.1) is 0 Å². The van der Waals surface area contributed by atoms with Crippen molar-refractivity contribution in [1.82, 2.24) is 15.8 Å². The molecular weight excluding hydrogens is 398 g/mol. The molecule has 8 heteroatoms. The third-order valence-corrected chi connectivity index (χ3v) is 5.25. The lowest BCUT2D eigenvalue weighted by Crippen LogP contribution is -2.49. The van der Waals surface area contributed by atoms with E-state index in [4.69, 9.17) is 4.74 Å². The predicted molar refractivity (Wildman–Crippen MR) is 113 cm³/mol. The third kappa shape index (κ3) is 5.09. The molecule has 162 valence electrons. The van der Waals surface area contributed by atoms with Gasteiger partial charge in [-0.05, 0) is 49.6 Å². The Morgan fingerprint density at radius 3 is 2.58 bits per heavy atom. The van der Waals surface area contributed by atoms with E-state index in [2.05, 4.69) is 10.9 Å². The fourth-order valence-electron chi connectivity index (χ4n) is 3.23. The van der Waals surface area contributed by atoms with Gasteiger partial charge in [-0.3, -0.25) is 34.9 Å². The number of amides is 4. The van der Waals surface area contributed by atoms with Crippen molar-refractivity contribution in [2.24, 2.45) is 0 Å². The molecule has 0 bridgehead atoms. The molecular formula is C23H25N3O5. The van der Waals surface area contributed by atoms with Crippen LogP contribution in [0, 0.1) is 13.8 Å². The van der Waals surface area contributed by atoms with Gasteiger partial charge in [-0.2, -0.15) is 0 Å². The minimum Gasteiger partial charge on any atom is -0.481 e. The van der Waals surface area contributed by atoms with Crippen molar-refractivity contribution < 1.29 is 23.9 Å². The smallest absolute Gasteiger partial charge is 0.279 e. The Hall–Kier alpha value is -3.68. The molecule has 1 aliphatic heterocycles. The zero-order valence-corrected chi connectivity index (χ0v) is 17.7. The largest absolute Gasteiger partial charge is 0.481 e. The first-order chi connectivity index (χ1) is 14.8. The summed E-state index contributed by atoms with van der Waals surface area (Å²) < 4.78 is 5.68. The van der Waals surface area contributed by atoms with Gasteiger partial charge in [0.1, 0.15) is 5.75 Å². The summed E-state index contributed by atoms with van der Waals surface area (Å²) in [6.07, 6.45) is -0.845. The number of nitrogens with zero attached hydrogens (tertiary/aromatic N) is 1. The van der Waals surface area contributed by atoms with Crippen molar-refractivity contribution in [2.45, 2.75) is 39.7 Å². The van der Waals surface area contributed by atoms with E-state index in [0.29, 0.717) is 16.9 Å². The Morgan fingerprint density at radius 2 is 1.81 bits per heavy atom. The van der Waals surface area contributed by atoms with Gasteiger partial charge < -0.3 is 4.74 Å². The number of hydrogen-bond acceptors (Lipinski definition) is 5. The normalized spacial score (nSPS) is 14.0. The van der Waals surface area contributed by atoms with Crippen LogP contribution in [0.25, 0.3) is 0 Å². The van der Waals surface area contributed by atoms with E-state index >= 15 is 0 Å². The van der Waals surface area contributed by atoms with Crippen molar-refractivity contribution in [3.63, 3.8) is 0 Å². The topological polar surface area (TPSA) is 105 Å². The molecule has 8 nitrogen and oxygen atoms in total. The summed E-state index contributed by atoms with van der Waals surface area (Å²) in [5, 5.41) is 0. The molecule has 1 atom stereocenters. The summed E-state index contributed by atoms with van der Waals surface area (Å²) in [4.78, 5) is 50.2. The highest BCUT2D eigenvalue weighted by molar-refractivity contribution is 6.09. The number of imide groups is 1. The molecule has 2 N–H and O–H groups in total. The van der Waals surface area contributed by atoms with Crippen LogP contribution < -0.4 is 15.6 Å². The lowest BCUT2D eigenvalue weighted by molar-refractivity contribution is -0.133. The molecule has 0 saturated carbocycles. The zero-order valence-electron chi connectivity index (χ0n) is 17.7. The van der Waals surface area contributed by atoms with Gasteiger partial charge in [0.05, 0.1) is 6.42 Å². The lowest BCUT2D eigenvalue weighted by Gasteiger charge is -2.26. The fourth-order valence-corrected chi connectivity index (χ4v) is 3.23. The Kier molecular flexibility index (Phi) is 6.69. The van der Waals surface area contributed by atoms with Crippen LogP contribution >= 0.6 is 0 Å². The number of hydrazine groups is 1. The van der Waals surface area contributed by atoms with Crippen LogP contribution in [0.15, 0.2) is 42.5 Å². The van der Waals surface area contributed by atoms with E-state index in [1.54, 1.807) is 37.3 Å². The lowest BCUT2D eigenvalue weighted by atomic mass is 9.98. The van der Waals surface area contributed by atoms with Gasteiger partial charge >= 0.3 is 0 Å². The van der Waals surface area contributed by atoms with Crippen molar-refractivity contribution in [1.29, 1.82) is 0 Å². The molecule has 1 heterocycles. The van der Waals surface area contributed by atoms with Crippen LogP contribution in [0.5, 0.6) is 5.75 Å². The maximum atomic E-state index is 12.5. The number of carbonyl (C=O) groups excluding carboxylic acids is 4. The highest BCUT2D eigenvalue weighted by atomic mass is 16.5. The first-order valence-corrected chi connectivity index (χ1v) is 10.0. The van der Waals surface area contributed by atoms with Crippen molar-refractivity contribution in [3.05, 3.63) is 64.7 Å². The van der Waals surface area contributed by atoms with Crippen LogP contribution in [0.4, 0.5) is 0 Å². The van der Waals surface area contributed by atoms with Crippen molar-refractivity contribution in [3.8, 4) is 5.75 Å². The van der Waals surface area contributed by atoms with Crippen LogP contribution in [0.1, 0.15) is 40.4 Å². The monoisotopic (exact) mass is 423 g/mol. The first kappa shape index (κ1) is 22.0. The second kappa shape index (κ2) is 9.42. The molecule has 0 fully saturated rings. The highest BCUT2D eigenvalue weighted by Crippen LogP contribution is 2.22. The van der Waals surface area contributed by atoms with Gasteiger partial charge in [0, 0.05) is 18.5 Å². The van der Waals surface area contributed by atoms with Gasteiger partial charge in [-0.25, -0.2) is 0 Å². The molecule has 0 aromatic heterocycles. The quantitative estimate of drug-likeness (QED) is 0.545. The number of nitrogens with one attached hydrogen (secondary N) is 2. The molecule has 0 spiro atoms. The van der Waals surface area contributed by atoms with Gasteiger partial charge in [0.2, 0.25) is 11.8 Å². The van der Waals surface area contributed by atoms with E-state index in [-0.39, 0.29) is 25.3 Å². The van der Waals surface area contributed by atoms with E-state index in [9.17, 15) is 19.2 Å². The average Bonchev–Trinajstić information content (AvgIpc) is 2.75. The first-order valence-electron chi connectivity index (χ1n) is 10.0. The summed E-state index contributed by atoms with van der Waals surface area (Å²) >= 11 is 0. The molecule has 0 radical (unpaired) electrons. The van der Waals surface area contributed by atoms with Crippen LogP contribution in [0.2, 0.25) is 0 Å². The number of carbonyl (C=O) groups is 4. The molecule has 4 amide bonds. The molecule has 2 aromatic carbocycles. The Balaban J connectivity index is 1.48. The number of ether oxygens (including phenoxy) is 1. The fraction of sp³-hybridized carbons (Fsp3) is 0.304. The predicted octanol–water partition coefficient (Wildman–Crippen LogP) is 1.83. The number of rotatable bonds is 6. The van der Waals surface area contributed by atoms with Gasteiger partial charge in [0.25, 0.3) is 11.8 Å². The zero-order chi connectivity index (χ0) is 22.5. The van der Waals surface area contributed by atoms with Crippen molar-refractivity contribution in [2.75, 3.05) is 6.54 Å². The van der Waals surface area contributed by atoms with Crippen LogP contribution in [0.3, 0.4) is 0 Å². The SMILES string of the molecule is Cc1cccc(O[C@@H](C)C(=O)NNC(=O)CCN2C(=O)Cc3ccccc3C2=O)c1C. The second-order valence-electron chi connectivity index (χ2n) is 7.43. The standard InChI is InChI=1S/C23H25N3O5/c1-14-7-6-10-19(15(14)2)31-16(3)22(29)25-24-20(27)11-12-26-21(28)13-17-8-4-5-9-18(17)23(26)30/h4-10,16H,11-13H2,1-3H3,(H,24,27)(H,25,29)/t16-/m0/s1. The van der Waals surface area contributed by atoms with Crippen LogP contribution in [-0.2, 0) is 20.8 Å². The average molecular weight is 423 g/mol. The highest BCUT2D eigenvalue weighted by Gasteiger charge is 2.30. The molecule has 2 aromatic rings. The minimum absolute atomic E-state index is 0.0672. The molecule has 31 heavy (non-hydrogen) atoms. The summed E-state index contributed by atoms with van der Waals surface area (Å²) in [5.41, 5.74) is 7.73. The number of fused-ring (bicyclic) bond motifs is 1.